The average Bonchev–Trinajstić information content (AvgIpc) is 2.75. The Morgan fingerprint density at radius 3 is 2.58 bits per heavy atom. The van der Waals surface area contributed by atoms with Gasteiger partial charge in [0, 0.05) is 18.7 Å². The van der Waals surface area contributed by atoms with Crippen molar-refractivity contribution in [2.24, 2.45) is 0 Å². The van der Waals surface area contributed by atoms with Gasteiger partial charge in [-0.05, 0) is 6.07 Å². The van der Waals surface area contributed by atoms with E-state index in [0.29, 0.717) is 11.3 Å². The lowest BCUT2D eigenvalue weighted by Crippen LogP contribution is -2.30. The standard InChI is InChI=1S/C11H10F3NO4/c1-17-4-6-2-8-9(19-5-18-8)3-7(6)15-10(16)11(12,13)14/h2-3H,4-5H2,1H3,(H,15,16). The van der Waals surface area contributed by atoms with Crippen molar-refractivity contribution in [3.05, 3.63) is 17.7 Å². The van der Waals surface area contributed by atoms with Crippen LogP contribution in [0.4, 0.5) is 18.9 Å². The van der Waals surface area contributed by atoms with Gasteiger partial charge in [-0.25, -0.2) is 0 Å². The molecule has 1 aliphatic rings. The molecule has 1 aromatic carbocycles. The third-order valence-electron chi connectivity index (χ3n) is 2.40. The minimum absolute atomic E-state index is 0.0155. The Balaban J connectivity index is 2.30. The molecule has 0 fully saturated rings. The largest absolute Gasteiger partial charge is 0.471 e. The number of fused-ring (bicyclic) bond motifs is 1. The Bertz CT molecular complexity index is 501. The first-order valence-electron chi connectivity index (χ1n) is 5.21. The van der Waals surface area contributed by atoms with Gasteiger partial charge in [0.05, 0.1) is 12.3 Å². The molecule has 0 spiro atoms. The third kappa shape index (κ3) is 2.90. The number of anilines is 1. The Morgan fingerprint density at radius 1 is 1.37 bits per heavy atom. The van der Waals surface area contributed by atoms with Gasteiger partial charge in [-0.3, -0.25) is 4.79 Å². The molecule has 5 nitrogen and oxygen atoms in total. The molecule has 1 aromatic rings. The van der Waals surface area contributed by atoms with Crippen molar-refractivity contribution in [1.82, 2.24) is 0 Å². The van der Waals surface area contributed by atoms with Gasteiger partial charge < -0.3 is 19.5 Å². The Kier molecular flexibility index (Phi) is 3.52. The average molecular weight is 277 g/mol. The highest BCUT2D eigenvalue weighted by molar-refractivity contribution is 5.96. The van der Waals surface area contributed by atoms with Crippen LogP contribution in [0.25, 0.3) is 0 Å². The fourth-order valence-corrected chi connectivity index (χ4v) is 1.57. The number of methoxy groups -OCH3 is 1. The number of hydrogen-bond donors (Lipinski definition) is 1. The molecule has 2 rings (SSSR count). The van der Waals surface area contributed by atoms with Crippen LogP contribution in [-0.4, -0.2) is 26.0 Å². The number of carbonyl (C=O) groups excluding carboxylic acids is 1. The number of alkyl halides is 3. The molecule has 0 aromatic heterocycles. The summed E-state index contributed by atoms with van der Waals surface area (Å²) in [4.78, 5) is 10.9. The quantitative estimate of drug-likeness (QED) is 0.918. The number of nitrogens with one attached hydrogen (secondary N) is 1. The number of hydrogen-bond acceptors (Lipinski definition) is 4. The van der Waals surface area contributed by atoms with E-state index in [1.54, 1.807) is 5.32 Å². The van der Waals surface area contributed by atoms with E-state index in [1.165, 1.54) is 19.2 Å². The molecule has 104 valence electrons. The maximum Gasteiger partial charge on any atom is 0.471 e. The van der Waals surface area contributed by atoms with Gasteiger partial charge >= 0.3 is 12.1 Å². The molecule has 0 atom stereocenters. The zero-order valence-electron chi connectivity index (χ0n) is 9.84. The van der Waals surface area contributed by atoms with Crippen molar-refractivity contribution < 1.29 is 32.2 Å². The first kappa shape index (κ1) is 13.5. The van der Waals surface area contributed by atoms with Gasteiger partial charge in [0.25, 0.3) is 0 Å². The molecular formula is C11H10F3NO4. The number of amides is 1. The minimum Gasteiger partial charge on any atom is -0.454 e. The van der Waals surface area contributed by atoms with Gasteiger partial charge in [-0.1, -0.05) is 0 Å². The van der Waals surface area contributed by atoms with Crippen LogP contribution in [0.1, 0.15) is 5.56 Å². The SMILES string of the molecule is COCc1cc2c(cc1NC(=O)C(F)(F)F)OCO2. The van der Waals surface area contributed by atoms with Crippen molar-refractivity contribution in [2.45, 2.75) is 12.8 Å². The molecule has 0 aliphatic carbocycles. The smallest absolute Gasteiger partial charge is 0.454 e. The third-order valence-corrected chi connectivity index (χ3v) is 2.40. The van der Waals surface area contributed by atoms with Crippen LogP contribution in [0, 0.1) is 0 Å². The number of halogens is 3. The van der Waals surface area contributed by atoms with Gasteiger partial charge in [-0.2, -0.15) is 13.2 Å². The van der Waals surface area contributed by atoms with Crippen LogP contribution < -0.4 is 14.8 Å². The zero-order valence-corrected chi connectivity index (χ0v) is 9.84. The Hall–Kier alpha value is -1.96. The van der Waals surface area contributed by atoms with E-state index in [4.69, 9.17) is 14.2 Å². The molecule has 1 amide bonds. The van der Waals surface area contributed by atoms with Crippen molar-refractivity contribution in [2.75, 3.05) is 19.2 Å². The summed E-state index contributed by atoms with van der Waals surface area (Å²) >= 11 is 0. The lowest BCUT2D eigenvalue weighted by molar-refractivity contribution is -0.167. The van der Waals surface area contributed by atoms with Gasteiger partial charge in [-0.15, -0.1) is 0 Å². The highest BCUT2D eigenvalue weighted by atomic mass is 19.4. The maximum absolute atomic E-state index is 12.2. The van der Waals surface area contributed by atoms with Crippen molar-refractivity contribution >= 4 is 11.6 Å². The van der Waals surface area contributed by atoms with Crippen LogP contribution in [0.15, 0.2) is 12.1 Å². The summed E-state index contributed by atoms with van der Waals surface area (Å²) in [6.45, 7) is 0.0164. The molecule has 1 aliphatic heterocycles. The minimum atomic E-state index is -4.96. The Morgan fingerprint density at radius 2 is 2.00 bits per heavy atom. The lowest BCUT2D eigenvalue weighted by atomic mass is 10.1. The summed E-state index contributed by atoms with van der Waals surface area (Å²) in [5, 5.41) is 1.79. The van der Waals surface area contributed by atoms with E-state index in [0.717, 1.165) is 0 Å². The fourth-order valence-electron chi connectivity index (χ4n) is 1.57. The first-order valence-corrected chi connectivity index (χ1v) is 5.21. The van der Waals surface area contributed by atoms with E-state index >= 15 is 0 Å². The zero-order chi connectivity index (χ0) is 14.0. The molecule has 0 saturated heterocycles. The molecule has 1 N–H and O–H groups in total. The highest BCUT2D eigenvalue weighted by Gasteiger charge is 2.39. The van der Waals surface area contributed by atoms with Crippen LogP contribution >= 0.6 is 0 Å². The molecule has 19 heavy (non-hydrogen) atoms. The summed E-state index contributed by atoms with van der Waals surface area (Å²) in [7, 11) is 1.39. The van der Waals surface area contributed by atoms with Crippen molar-refractivity contribution in [3.8, 4) is 11.5 Å². The summed E-state index contributed by atoms with van der Waals surface area (Å²) in [6, 6.07) is 2.75. The van der Waals surface area contributed by atoms with E-state index in [9.17, 15) is 18.0 Å². The predicted molar refractivity (Wildman–Crippen MR) is 58.0 cm³/mol. The normalized spacial score (nSPS) is 13.5. The summed E-state index contributed by atoms with van der Waals surface area (Å²) in [5.41, 5.74) is 0.345. The Labute approximate surface area is 106 Å². The molecule has 0 radical (unpaired) electrons. The molecule has 8 heteroatoms. The van der Waals surface area contributed by atoms with E-state index in [2.05, 4.69) is 0 Å². The summed E-state index contributed by atoms with van der Waals surface area (Å²) < 4.78 is 51.7. The van der Waals surface area contributed by atoms with Crippen LogP contribution in [-0.2, 0) is 16.1 Å². The van der Waals surface area contributed by atoms with Gasteiger partial charge in [0.15, 0.2) is 11.5 Å². The van der Waals surface area contributed by atoms with Crippen LogP contribution in [0.3, 0.4) is 0 Å². The van der Waals surface area contributed by atoms with Crippen LogP contribution in [0.5, 0.6) is 11.5 Å². The highest BCUT2D eigenvalue weighted by Crippen LogP contribution is 2.37. The number of benzene rings is 1. The summed E-state index contributed by atoms with van der Waals surface area (Å²) in [5.74, 6) is -1.38. The molecule has 0 unspecified atom stereocenters. The van der Waals surface area contributed by atoms with Crippen LogP contribution in [0.2, 0.25) is 0 Å². The molecular weight excluding hydrogens is 267 g/mol. The predicted octanol–water partition coefficient (Wildman–Crippen LogP) is 2.06. The maximum atomic E-state index is 12.2. The number of rotatable bonds is 3. The first-order chi connectivity index (χ1) is 8.91. The van der Waals surface area contributed by atoms with E-state index in [-0.39, 0.29) is 24.8 Å². The molecule has 1 heterocycles. The molecule has 0 saturated carbocycles. The monoisotopic (exact) mass is 277 g/mol. The van der Waals surface area contributed by atoms with E-state index < -0.39 is 12.1 Å². The molecule has 0 bridgehead atoms. The second kappa shape index (κ2) is 4.96. The fraction of sp³-hybridized carbons (Fsp3) is 0.364. The van der Waals surface area contributed by atoms with Crippen molar-refractivity contribution in [3.63, 3.8) is 0 Å². The topological polar surface area (TPSA) is 56.8 Å². The van der Waals surface area contributed by atoms with Gasteiger partial charge in [0.1, 0.15) is 0 Å². The second-order valence-corrected chi connectivity index (χ2v) is 3.75. The van der Waals surface area contributed by atoms with Crippen molar-refractivity contribution in [1.29, 1.82) is 0 Å². The number of carbonyl (C=O) groups is 1. The van der Waals surface area contributed by atoms with E-state index in [1.807, 2.05) is 0 Å². The second-order valence-electron chi connectivity index (χ2n) is 3.75. The summed E-state index contributed by atoms with van der Waals surface area (Å²) in [6.07, 6.45) is -4.96. The lowest BCUT2D eigenvalue weighted by Gasteiger charge is -2.13. The van der Waals surface area contributed by atoms with Gasteiger partial charge in [0.2, 0.25) is 6.79 Å². The number of ether oxygens (including phenoxy) is 3.